The molecule has 1 N–H and O–H groups in total. The Balaban J connectivity index is 1.39. The molecule has 0 atom stereocenters. The van der Waals surface area contributed by atoms with E-state index in [1.165, 1.54) is 0 Å². The van der Waals surface area contributed by atoms with Crippen LogP contribution < -0.4 is 10.1 Å². The molecule has 0 fully saturated rings. The topological polar surface area (TPSA) is 47.0 Å². The van der Waals surface area contributed by atoms with Gasteiger partial charge >= 0.3 is 0 Å². The first-order chi connectivity index (χ1) is 14.3. The largest absolute Gasteiger partial charge is 0.438 e. The highest BCUT2D eigenvalue weighted by Gasteiger charge is 2.12. The van der Waals surface area contributed by atoms with E-state index in [-0.39, 0.29) is 0 Å². The van der Waals surface area contributed by atoms with E-state index in [1.807, 2.05) is 72.8 Å². The van der Waals surface area contributed by atoms with Crippen molar-refractivity contribution in [2.24, 2.45) is 0 Å². The summed E-state index contributed by atoms with van der Waals surface area (Å²) >= 11 is 1.64. The minimum Gasteiger partial charge on any atom is -0.438 e. The minimum atomic E-state index is 0.567. The Morgan fingerprint density at radius 3 is 2.17 bits per heavy atom. The summed E-state index contributed by atoms with van der Waals surface area (Å²) in [6.07, 6.45) is 1.55. The first-order valence-corrected chi connectivity index (χ1v) is 10.1. The lowest BCUT2D eigenvalue weighted by Crippen LogP contribution is -1.91. The number of fused-ring (bicyclic) bond motifs is 1. The highest BCUT2D eigenvalue weighted by molar-refractivity contribution is 7.21. The zero-order chi connectivity index (χ0) is 19.5. The van der Waals surface area contributed by atoms with Gasteiger partial charge in [-0.3, -0.25) is 0 Å². The van der Waals surface area contributed by atoms with E-state index in [0.717, 1.165) is 37.8 Å². The highest BCUT2D eigenvalue weighted by atomic mass is 32.1. The van der Waals surface area contributed by atoms with Crippen molar-refractivity contribution in [2.45, 2.75) is 0 Å². The van der Waals surface area contributed by atoms with Crippen molar-refractivity contribution in [2.75, 3.05) is 5.32 Å². The molecule has 0 aliphatic heterocycles. The second kappa shape index (κ2) is 7.73. The van der Waals surface area contributed by atoms with Crippen LogP contribution in [0.25, 0.3) is 20.7 Å². The smallest absolute Gasteiger partial charge is 0.231 e. The maximum atomic E-state index is 6.07. The van der Waals surface area contributed by atoms with Gasteiger partial charge in [0.2, 0.25) is 5.88 Å². The van der Waals surface area contributed by atoms with E-state index < -0.39 is 0 Å². The van der Waals surface area contributed by atoms with Crippen molar-refractivity contribution < 1.29 is 4.74 Å². The lowest BCUT2D eigenvalue weighted by Gasteiger charge is -2.08. The monoisotopic (exact) mass is 395 g/mol. The third-order valence-electron chi connectivity index (χ3n) is 4.48. The maximum Gasteiger partial charge on any atom is 0.231 e. The predicted octanol–water partition coefficient (Wildman–Crippen LogP) is 6.89. The number of thiophene rings is 1. The molecule has 0 aliphatic carbocycles. The highest BCUT2D eigenvalue weighted by Crippen LogP contribution is 2.37. The fourth-order valence-electron chi connectivity index (χ4n) is 3.07. The Bertz CT molecular complexity index is 1240. The van der Waals surface area contributed by atoms with Gasteiger partial charge in [-0.2, -0.15) is 0 Å². The molecule has 2 aromatic heterocycles. The molecule has 0 saturated heterocycles. The van der Waals surface area contributed by atoms with E-state index >= 15 is 0 Å². The molecule has 0 saturated carbocycles. The Morgan fingerprint density at radius 1 is 0.724 bits per heavy atom. The Kier molecular flexibility index (Phi) is 4.64. The molecule has 0 amide bonds. The number of benzene rings is 3. The van der Waals surface area contributed by atoms with Gasteiger partial charge in [-0.15, -0.1) is 11.3 Å². The fourth-order valence-corrected chi connectivity index (χ4v) is 4.06. The number of rotatable bonds is 5. The van der Waals surface area contributed by atoms with E-state index in [1.54, 1.807) is 17.7 Å². The number of hydrogen-bond acceptors (Lipinski definition) is 5. The number of aromatic nitrogens is 2. The van der Waals surface area contributed by atoms with Gasteiger partial charge in [0.1, 0.15) is 16.9 Å². The van der Waals surface area contributed by atoms with Crippen molar-refractivity contribution in [3.63, 3.8) is 0 Å². The summed E-state index contributed by atoms with van der Waals surface area (Å²) in [5.74, 6) is 1.30. The van der Waals surface area contributed by atoms with Gasteiger partial charge in [0.25, 0.3) is 0 Å². The molecule has 5 heteroatoms. The maximum absolute atomic E-state index is 6.07. The van der Waals surface area contributed by atoms with E-state index in [0.29, 0.717) is 5.88 Å². The number of para-hydroxylation sites is 1. The van der Waals surface area contributed by atoms with E-state index in [9.17, 15) is 0 Å². The number of anilines is 2. The minimum absolute atomic E-state index is 0.567. The van der Waals surface area contributed by atoms with Crippen molar-refractivity contribution in [1.82, 2.24) is 9.97 Å². The van der Waals surface area contributed by atoms with Crippen molar-refractivity contribution in [1.29, 1.82) is 0 Å². The molecule has 3 aromatic carbocycles. The van der Waals surface area contributed by atoms with E-state index in [2.05, 4.69) is 33.5 Å². The molecule has 4 nitrogen and oxygen atoms in total. The zero-order valence-corrected chi connectivity index (χ0v) is 16.3. The van der Waals surface area contributed by atoms with Gasteiger partial charge in [0, 0.05) is 16.3 Å². The predicted molar refractivity (Wildman–Crippen MR) is 119 cm³/mol. The van der Waals surface area contributed by atoms with Crippen molar-refractivity contribution >= 4 is 32.9 Å². The number of nitrogens with one attached hydrogen (secondary N) is 1. The van der Waals surface area contributed by atoms with Crippen LogP contribution in [0.3, 0.4) is 0 Å². The average Bonchev–Trinajstić information content (AvgIpc) is 3.22. The third kappa shape index (κ3) is 3.81. The van der Waals surface area contributed by atoms with Gasteiger partial charge in [0.05, 0.1) is 5.39 Å². The first-order valence-electron chi connectivity index (χ1n) is 9.25. The lowest BCUT2D eigenvalue weighted by molar-refractivity contribution is 0.468. The molecule has 29 heavy (non-hydrogen) atoms. The summed E-state index contributed by atoms with van der Waals surface area (Å²) in [5, 5.41) is 4.29. The molecule has 0 spiro atoms. The summed E-state index contributed by atoms with van der Waals surface area (Å²) in [7, 11) is 0. The molecule has 5 aromatic rings. The first kappa shape index (κ1) is 17.4. The molecule has 0 bridgehead atoms. The molecular weight excluding hydrogens is 378 g/mol. The Morgan fingerprint density at radius 2 is 1.41 bits per heavy atom. The molecule has 0 unspecified atom stereocenters. The molecule has 0 radical (unpaired) electrons. The number of hydrogen-bond donors (Lipinski definition) is 1. The standard InChI is InChI=1S/C24H17N3OS/c1-3-7-17(8-4-1)22-15-21-23(25-16-26-24(21)29-22)28-20-13-11-19(12-14-20)27-18-9-5-2-6-10-18/h1-16,27H. The Labute approximate surface area is 172 Å². The zero-order valence-electron chi connectivity index (χ0n) is 15.4. The van der Waals surface area contributed by atoms with Crippen molar-refractivity contribution in [3.8, 4) is 22.1 Å². The van der Waals surface area contributed by atoms with Crippen LogP contribution in [0.5, 0.6) is 11.6 Å². The Hall–Kier alpha value is -3.70. The van der Waals surface area contributed by atoms with Crippen LogP contribution in [-0.4, -0.2) is 9.97 Å². The molecular formula is C24H17N3OS. The molecule has 2 heterocycles. The summed E-state index contributed by atoms with van der Waals surface area (Å²) in [4.78, 5) is 10.8. The third-order valence-corrected chi connectivity index (χ3v) is 5.57. The fraction of sp³-hybridized carbons (Fsp3) is 0. The van der Waals surface area contributed by atoms with Gasteiger partial charge in [-0.05, 0) is 48.0 Å². The lowest BCUT2D eigenvalue weighted by atomic mass is 10.2. The van der Waals surface area contributed by atoms with E-state index in [4.69, 9.17) is 4.74 Å². The van der Waals surface area contributed by atoms with Crippen molar-refractivity contribution in [3.05, 3.63) is 97.3 Å². The molecule has 0 aliphatic rings. The van der Waals surface area contributed by atoms with Crippen LogP contribution in [0.2, 0.25) is 0 Å². The molecule has 5 rings (SSSR count). The van der Waals surface area contributed by atoms with Crippen LogP contribution in [0.1, 0.15) is 0 Å². The van der Waals surface area contributed by atoms with Gasteiger partial charge < -0.3 is 10.1 Å². The second-order valence-electron chi connectivity index (χ2n) is 6.49. The molecule has 140 valence electrons. The van der Waals surface area contributed by atoms with Gasteiger partial charge in [-0.25, -0.2) is 9.97 Å². The van der Waals surface area contributed by atoms with Crippen LogP contribution in [-0.2, 0) is 0 Å². The van der Waals surface area contributed by atoms with Crippen LogP contribution in [0, 0.1) is 0 Å². The van der Waals surface area contributed by atoms with Crippen LogP contribution in [0.4, 0.5) is 11.4 Å². The average molecular weight is 395 g/mol. The summed E-state index contributed by atoms with van der Waals surface area (Å²) in [5.41, 5.74) is 3.21. The number of ether oxygens (including phenoxy) is 1. The number of nitrogens with zero attached hydrogens (tertiary/aromatic N) is 2. The van der Waals surface area contributed by atoms with Gasteiger partial charge in [0.15, 0.2) is 0 Å². The van der Waals surface area contributed by atoms with Crippen LogP contribution >= 0.6 is 11.3 Å². The summed E-state index contributed by atoms with van der Waals surface area (Å²) in [6, 6.07) is 30.3. The van der Waals surface area contributed by atoms with Gasteiger partial charge in [-0.1, -0.05) is 48.5 Å². The quantitative estimate of drug-likeness (QED) is 0.352. The second-order valence-corrected chi connectivity index (χ2v) is 7.52. The van der Waals surface area contributed by atoms with Crippen LogP contribution in [0.15, 0.2) is 97.3 Å². The summed E-state index contributed by atoms with van der Waals surface area (Å²) in [6.45, 7) is 0. The SMILES string of the molecule is c1ccc(Nc2ccc(Oc3ncnc4sc(-c5ccccc5)cc34)cc2)cc1. The normalized spacial score (nSPS) is 10.8. The summed E-state index contributed by atoms with van der Waals surface area (Å²) < 4.78 is 6.07.